The molecule has 4 heteroatoms. The zero-order valence-corrected chi connectivity index (χ0v) is 14.9. The predicted octanol–water partition coefficient (Wildman–Crippen LogP) is 4.10. The number of amides is 1. The molecule has 1 aromatic heterocycles. The van der Waals surface area contributed by atoms with Crippen LogP contribution in [0.5, 0.6) is 5.75 Å². The van der Waals surface area contributed by atoms with Crippen molar-refractivity contribution < 1.29 is 9.53 Å². The smallest absolute Gasteiger partial charge is 0.232 e. The molecule has 0 saturated heterocycles. The molecule has 2 rings (SSSR count). The highest BCUT2D eigenvalue weighted by molar-refractivity contribution is 5.95. The summed E-state index contributed by atoms with van der Waals surface area (Å²) in [5.41, 5.74) is 1.47. The lowest BCUT2D eigenvalue weighted by atomic mass is 9.82. The molecular formula is C19H28N2O2. The van der Waals surface area contributed by atoms with Gasteiger partial charge in [0.1, 0.15) is 5.75 Å². The number of nitrogens with one attached hydrogen (secondary N) is 1. The second-order valence-corrected chi connectivity index (χ2v) is 6.53. The third kappa shape index (κ3) is 3.36. The van der Waals surface area contributed by atoms with Gasteiger partial charge in [0.2, 0.25) is 5.91 Å². The largest absolute Gasteiger partial charge is 0.497 e. The zero-order chi connectivity index (χ0) is 17.0. The van der Waals surface area contributed by atoms with Gasteiger partial charge in [-0.25, -0.2) is 0 Å². The number of hydrogen-bond donors (Lipinski definition) is 1. The topological polar surface area (TPSA) is 45.3 Å². The van der Waals surface area contributed by atoms with Gasteiger partial charge in [0.25, 0.3) is 0 Å². The Morgan fingerprint density at radius 1 is 1.22 bits per heavy atom. The number of carbonyl (C=O) groups excluding carboxylic acids is 1. The highest BCUT2D eigenvalue weighted by atomic mass is 16.5. The summed E-state index contributed by atoms with van der Waals surface area (Å²) in [6.45, 7) is 9.86. The van der Waals surface area contributed by atoms with Gasteiger partial charge in [-0.1, -0.05) is 13.8 Å². The minimum absolute atomic E-state index is 0.185. The van der Waals surface area contributed by atoms with E-state index in [-0.39, 0.29) is 5.91 Å². The van der Waals surface area contributed by atoms with Crippen molar-refractivity contribution in [1.29, 1.82) is 0 Å². The minimum Gasteiger partial charge on any atom is -0.497 e. The second kappa shape index (κ2) is 7.07. The van der Waals surface area contributed by atoms with E-state index in [2.05, 4.69) is 18.8 Å². The molecule has 0 atom stereocenters. The van der Waals surface area contributed by atoms with Crippen LogP contribution < -0.4 is 4.74 Å². The molecule has 0 aliphatic rings. The monoisotopic (exact) mass is 316 g/mol. The third-order valence-electron chi connectivity index (χ3n) is 4.37. The number of aromatic amines is 1. The van der Waals surface area contributed by atoms with Gasteiger partial charge >= 0.3 is 0 Å². The maximum absolute atomic E-state index is 13.1. The quantitative estimate of drug-likeness (QED) is 0.836. The first kappa shape index (κ1) is 17.4. The van der Waals surface area contributed by atoms with Gasteiger partial charge in [0.15, 0.2) is 0 Å². The lowest BCUT2D eigenvalue weighted by molar-refractivity contribution is -0.136. The van der Waals surface area contributed by atoms with Crippen molar-refractivity contribution >= 4 is 16.8 Å². The minimum atomic E-state index is -0.574. The molecule has 0 bridgehead atoms. The Morgan fingerprint density at radius 2 is 1.87 bits per heavy atom. The maximum atomic E-state index is 13.1. The summed E-state index contributed by atoms with van der Waals surface area (Å²) in [5.74, 6) is 0.991. The van der Waals surface area contributed by atoms with Gasteiger partial charge in [-0.05, 0) is 50.5 Å². The molecule has 1 aromatic carbocycles. The number of H-pyrrole nitrogens is 1. The second-order valence-electron chi connectivity index (χ2n) is 6.53. The van der Waals surface area contributed by atoms with Crippen LogP contribution in [0.3, 0.4) is 0 Å². The van der Waals surface area contributed by atoms with Crippen molar-refractivity contribution in [3.05, 3.63) is 30.0 Å². The van der Waals surface area contributed by atoms with Gasteiger partial charge in [-0.3, -0.25) is 4.79 Å². The van der Waals surface area contributed by atoms with E-state index >= 15 is 0 Å². The Labute approximate surface area is 138 Å². The third-order valence-corrected chi connectivity index (χ3v) is 4.37. The lowest BCUT2D eigenvalue weighted by Gasteiger charge is -2.31. The van der Waals surface area contributed by atoms with Gasteiger partial charge < -0.3 is 14.6 Å². The van der Waals surface area contributed by atoms with E-state index in [1.54, 1.807) is 7.11 Å². The molecule has 0 aliphatic carbocycles. The van der Waals surface area contributed by atoms with Crippen LogP contribution in [-0.4, -0.2) is 36.0 Å². The highest BCUT2D eigenvalue weighted by Gasteiger charge is 2.35. The van der Waals surface area contributed by atoms with Crippen molar-refractivity contribution in [1.82, 2.24) is 9.88 Å². The van der Waals surface area contributed by atoms with Crippen LogP contribution in [0, 0.1) is 0 Å². The predicted molar refractivity (Wildman–Crippen MR) is 95.0 cm³/mol. The summed E-state index contributed by atoms with van der Waals surface area (Å²) in [6.07, 6.45) is 3.91. The summed E-state index contributed by atoms with van der Waals surface area (Å²) < 4.78 is 5.34. The van der Waals surface area contributed by atoms with Crippen LogP contribution in [0.15, 0.2) is 24.4 Å². The van der Waals surface area contributed by atoms with Crippen LogP contribution in [0.2, 0.25) is 0 Å². The fraction of sp³-hybridized carbons (Fsp3) is 0.526. The van der Waals surface area contributed by atoms with E-state index in [0.717, 1.165) is 48.1 Å². The van der Waals surface area contributed by atoms with Gasteiger partial charge in [-0.15, -0.1) is 0 Å². The molecule has 1 N–H and O–H groups in total. The number of nitrogens with zero attached hydrogens (tertiary/aromatic N) is 1. The fourth-order valence-corrected chi connectivity index (χ4v) is 3.11. The van der Waals surface area contributed by atoms with E-state index in [4.69, 9.17) is 4.74 Å². The molecule has 4 nitrogen and oxygen atoms in total. The molecule has 0 saturated carbocycles. The van der Waals surface area contributed by atoms with Crippen LogP contribution >= 0.6 is 0 Å². The first-order valence-corrected chi connectivity index (χ1v) is 8.40. The van der Waals surface area contributed by atoms with Crippen molar-refractivity contribution in [2.24, 2.45) is 0 Å². The van der Waals surface area contributed by atoms with Crippen LogP contribution in [0.4, 0.5) is 0 Å². The number of ether oxygens (including phenoxy) is 1. The Hall–Kier alpha value is -1.97. The van der Waals surface area contributed by atoms with Gasteiger partial charge in [0, 0.05) is 30.2 Å². The highest BCUT2D eigenvalue weighted by Crippen LogP contribution is 2.34. The first-order valence-electron chi connectivity index (χ1n) is 8.40. The molecule has 2 aromatic rings. The standard InChI is InChI=1S/C19H28N2O2/c1-6-10-21(11-7-2)18(22)19(3,4)16-13-20-17-9-8-14(23-5)12-15(16)17/h8-9,12-13,20H,6-7,10-11H2,1-5H3. The Balaban J connectivity index is 2.43. The lowest BCUT2D eigenvalue weighted by Crippen LogP contribution is -2.44. The van der Waals surface area contributed by atoms with Gasteiger partial charge in [0.05, 0.1) is 12.5 Å². The van der Waals surface area contributed by atoms with E-state index in [1.807, 2.05) is 43.1 Å². The number of benzene rings is 1. The zero-order valence-electron chi connectivity index (χ0n) is 14.9. The van der Waals surface area contributed by atoms with E-state index < -0.39 is 5.41 Å². The summed E-state index contributed by atoms with van der Waals surface area (Å²) in [6, 6.07) is 5.92. The number of rotatable bonds is 7. The number of aromatic nitrogens is 1. The molecule has 0 unspecified atom stereocenters. The molecule has 126 valence electrons. The Morgan fingerprint density at radius 3 is 2.43 bits per heavy atom. The molecule has 0 fully saturated rings. The van der Waals surface area contributed by atoms with Crippen molar-refractivity contribution in [3.63, 3.8) is 0 Å². The van der Waals surface area contributed by atoms with E-state index in [0.29, 0.717) is 0 Å². The first-order chi connectivity index (χ1) is 11.0. The summed E-state index contributed by atoms with van der Waals surface area (Å²) in [7, 11) is 1.66. The van der Waals surface area contributed by atoms with E-state index in [1.165, 1.54) is 0 Å². The number of methoxy groups -OCH3 is 1. The molecular weight excluding hydrogens is 288 g/mol. The normalized spacial score (nSPS) is 11.7. The van der Waals surface area contributed by atoms with Crippen molar-refractivity contribution in [2.75, 3.05) is 20.2 Å². The average Bonchev–Trinajstić information content (AvgIpc) is 2.97. The number of hydrogen-bond acceptors (Lipinski definition) is 2. The fourth-order valence-electron chi connectivity index (χ4n) is 3.11. The van der Waals surface area contributed by atoms with Gasteiger partial charge in [-0.2, -0.15) is 0 Å². The van der Waals surface area contributed by atoms with Crippen molar-refractivity contribution in [2.45, 2.75) is 46.0 Å². The Bertz CT molecular complexity index is 667. The maximum Gasteiger partial charge on any atom is 0.232 e. The molecule has 1 amide bonds. The van der Waals surface area contributed by atoms with E-state index in [9.17, 15) is 4.79 Å². The summed E-state index contributed by atoms with van der Waals surface area (Å²) in [4.78, 5) is 18.4. The average molecular weight is 316 g/mol. The SMILES string of the molecule is CCCN(CCC)C(=O)C(C)(C)c1c[nH]c2ccc(OC)cc12. The molecule has 1 heterocycles. The Kier molecular flexibility index (Phi) is 5.34. The molecule has 0 radical (unpaired) electrons. The summed E-state index contributed by atoms with van der Waals surface area (Å²) in [5, 5.41) is 1.05. The van der Waals surface area contributed by atoms with Crippen LogP contribution in [-0.2, 0) is 10.2 Å². The van der Waals surface area contributed by atoms with Crippen LogP contribution in [0.25, 0.3) is 10.9 Å². The number of fused-ring (bicyclic) bond motifs is 1. The molecule has 23 heavy (non-hydrogen) atoms. The number of carbonyl (C=O) groups is 1. The summed E-state index contributed by atoms with van der Waals surface area (Å²) >= 11 is 0. The molecule has 0 aliphatic heterocycles. The van der Waals surface area contributed by atoms with Crippen molar-refractivity contribution in [3.8, 4) is 5.75 Å². The molecule has 0 spiro atoms. The van der Waals surface area contributed by atoms with Crippen LogP contribution in [0.1, 0.15) is 46.1 Å².